The van der Waals surface area contributed by atoms with Crippen LogP contribution in [0, 0.1) is 0 Å². The predicted molar refractivity (Wildman–Crippen MR) is 59.6 cm³/mol. The van der Waals surface area contributed by atoms with Crippen LogP contribution >= 0.6 is 15.9 Å². The largest absolute Gasteiger partial charge is 0.478 e. The number of carbonyl (C=O) groups is 1. The Hall–Kier alpha value is -1.08. The van der Waals surface area contributed by atoms with Crippen molar-refractivity contribution in [3.8, 4) is 0 Å². The number of nitrogens with one attached hydrogen (secondary N) is 1. The van der Waals surface area contributed by atoms with E-state index in [1.54, 1.807) is 0 Å². The van der Waals surface area contributed by atoms with E-state index in [1.807, 2.05) is 0 Å². The molecule has 0 heterocycles. The number of aromatic carboxylic acids is 1. The number of benzene rings is 1. The van der Waals surface area contributed by atoms with Gasteiger partial charge in [-0.05, 0) is 18.2 Å². The molecule has 1 aromatic carbocycles. The minimum atomic E-state index is -3.48. The summed E-state index contributed by atoms with van der Waals surface area (Å²) in [5.74, 6) is -1.19. The molecule has 0 saturated heterocycles. The topological polar surface area (TPSA) is 83.5 Å². The van der Waals surface area contributed by atoms with Crippen molar-refractivity contribution in [1.82, 2.24) is 0 Å². The van der Waals surface area contributed by atoms with E-state index in [2.05, 4.69) is 20.7 Å². The molecule has 0 saturated carbocycles. The average molecular weight is 294 g/mol. The first-order valence-corrected chi connectivity index (χ1v) is 6.48. The van der Waals surface area contributed by atoms with Crippen LogP contribution in [0.4, 0.5) is 5.69 Å². The highest BCUT2D eigenvalue weighted by Crippen LogP contribution is 2.22. The molecule has 0 aliphatic rings. The van der Waals surface area contributed by atoms with E-state index in [0.717, 1.165) is 6.26 Å². The van der Waals surface area contributed by atoms with Gasteiger partial charge in [-0.2, -0.15) is 0 Å². The van der Waals surface area contributed by atoms with Crippen molar-refractivity contribution in [2.24, 2.45) is 0 Å². The van der Waals surface area contributed by atoms with Crippen molar-refractivity contribution >= 4 is 37.6 Å². The first-order valence-electron chi connectivity index (χ1n) is 3.80. The lowest BCUT2D eigenvalue weighted by molar-refractivity contribution is 0.0698. The molecule has 15 heavy (non-hydrogen) atoms. The quantitative estimate of drug-likeness (QED) is 0.885. The van der Waals surface area contributed by atoms with Crippen LogP contribution in [-0.4, -0.2) is 25.7 Å². The van der Waals surface area contributed by atoms with Gasteiger partial charge in [0.1, 0.15) is 0 Å². The van der Waals surface area contributed by atoms with Crippen LogP contribution < -0.4 is 4.72 Å². The van der Waals surface area contributed by atoms with Gasteiger partial charge in [0.15, 0.2) is 0 Å². The highest BCUT2D eigenvalue weighted by atomic mass is 79.9. The van der Waals surface area contributed by atoms with Gasteiger partial charge in [-0.25, -0.2) is 13.2 Å². The molecule has 1 rings (SSSR count). The number of rotatable bonds is 3. The lowest BCUT2D eigenvalue weighted by Gasteiger charge is -2.07. The second-order valence-electron chi connectivity index (χ2n) is 2.87. The molecule has 0 unspecified atom stereocenters. The van der Waals surface area contributed by atoms with Crippen LogP contribution in [0.1, 0.15) is 10.4 Å². The van der Waals surface area contributed by atoms with Crippen LogP contribution in [-0.2, 0) is 10.0 Å². The van der Waals surface area contributed by atoms with E-state index in [9.17, 15) is 13.2 Å². The summed E-state index contributed by atoms with van der Waals surface area (Å²) in [6.45, 7) is 0. The van der Waals surface area contributed by atoms with E-state index < -0.39 is 16.0 Å². The number of sulfonamides is 1. The predicted octanol–water partition coefficient (Wildman–Crippen LogP) is 1.52. The van der Waals surface area contributed by atoms with E-state index in [4.69, 9.17) is 5.11 Å². The lowest BCUT2D eigenvalue weighted by Crippen LogP contribution is -2.13. The molecule has 2 N–H and O–H groups in total. The second-order valence-corrected chi connectivity index (χ2v) is 5.53. The fourth-order valence-corrected chi connectivity index (χ4v) is 1.92. The monoisotopic (exact) mass is 293 g/mol. The Labute approximate surface area is 95.3 Å². The maximum absolute atomic E-state index is 11.0. The normalized spacial score (nSPS) is 11.1. The van der Waals surface area contributed by atoms with Gasteiger partial charge in [0.05, 0.1) is 17.5 Å². The Morgan fingerprint density at radius 1 is 1.47 bits per heavy atom. The second kappa shape index (κ2) is 4.19. The average Bonchev–Trinajstić information content (AvgIpc) is 1.99. The Kier molecular flexibility index (Phi) is 3.35. The fourth-order valence-electron chi connectivity index (χ4n) is 0.987. The van der Waals surface area contributed by atoms with Crippen LogP contribution in [0.25, 0.3) is 0 Å². The maximum Gasteiger partial charge on any atom is 0.337 e. The third-order valence-corrected chi connectivity index (χ3v) is 2.59. The molecule has 0 bridgehead atoms. The molecule has 0 aliphatic carbocycles. The third kappa shape index (κ3) is 3.52. The van der Waals surface area contributed by atoms with Crippen molar-refractivity contribution < 1.29 is 18.3 Å². The lowest BCUT2D eigenvalue weighted by atomic mass is 10.2. The summed E-state index contributed by atoms with van der Waals surface area (Å²) in [7, 11) is -3.48. The van der Waals surface area contributed by atoms with Gasteiger partial charge in [-0.1, -0.05) is 15.9 Å². The fraction of sp³-hybridized carbons (Fsp3) is 0.125. The van der Waals surface area contributed by atoms with E-state index in [-0.39, 0.29) is 11.3 Å². The SMILES string of the molecule is CS(=O)(=O)Nc1cc(Br)ccc1C(=O)O. The molecular formula is C8H8BrNO4S. The van der Waals surface area contributed by atoms with E-state index in [0.29, 0.717) is 4.47 Å². The summed E-state index contributed by atoms with van der Waals surface area (Å²) in [5, 5.41) is 8.80. The van der Waals surface area contributed by atoms with Gasteiger partial charge < -0.3 is 5.11 Å². The number of carboxylic acid groups (broad SMARTS) is 1. The zero-order valence-electron chi connectivity index (χ0n) is 7.69. The summed E-state index contributed by atoms with van der Waals surface area (Å²) in [4.78, 5) is 10.8. The summed E-state index contributed by atoms with van der Waals surface area (Å²) < 4.78 is 24.7. The summed E-state index contributed by atoms with van der Waals surface area (Å²) in [6.07, 6.45) is 0.958. The Bertz CT molecular complexity index is 497. The Morgan fingerprint density at radius 3 is 2.53 bits per heavy atom. The molecule has 0 aromatic heterocycles. The minimum absolute atomic E-state index is 0.0411. The number of halogens is 1. The number of carboxylic acids is 1. The minimum Gasteiger partial charge on any atom is -0.478 e. The molecular weight excluding hydrogens is 286 g/mol. The van der Waals surface area contributed by atoms with Crippen molar-refractivity contribution in [1.29, 1.82) is 0 Å². The first-order chi connectivity index (χ1) is 6.79. The third-order valence-electron chi connectivity index (χ3n) is 1.51. The molecule has 1 aromatic rings. The van der Waals surface area contributed by atoms with Gasteiger partial charge in [0, 0.05) is 4.47 Å². The van der Waals surface area contributed by atoms with Crippen molar-refractivity contribution in [2.75, 3.05) is 11.0 Å². The van der Waals surface area contributed by atoms with E-state index in [1.165, 1.54) is 18.2 Å². The number of hydrogen-bond donors (Lipinski definition) is 2. The van der Waals surface area contributed by atoms with Crippen LogP contribution in [0.3, 0.4) is 0 Å². The van der Waals surface area contributed by atoms with Gasteiger partial charge in [0.25, 0.3) is 0 Å². The highest BCUT2D eigenvalue weighted by molar-refractivity contribution is 9.10. The van der Waals surface area contributed by atoms with Crippen LogP contribution in [0.2, 0.25) is 0 Å². The van der Waals surface area contributed by atoms with E-state index >= 15 is 0 Å². The van der Waals surface area contributed by atoms with Gasteiger partial charge in [-0.15, -0.1) is 0 Å². The maximum atomic E-state index is 11.0. The Balaban J connectivity index is 3.25. The summed E-state index contributed by atoms with van der Waals surface area (Å²) in [6, 6.07) is 4.24. The Morgan fingerprint density at radius 2 is 2.07 bits per heavy atom. The number of anilines is 1. The molecule has 0 aliphatic heterocycles. The molecule has 0 fully saturated rings. The van der Waals surface area contributed by atoms with Crippen molar-refractivity contribution in [2.45, 2.75) is 0 Å². The molecule has 5 nitrogen and oxygen atoms in total. The molecule has 0 atom stereocenters. The standard InChI is InChI=1S/C8H8BrNO4S/c1-15(13,14)10-7-4-5(9)2-3-6(7)8(11)12/h2-4,10H,1H3,(H,11,12). The van der Waals surface area contributed by atoms with Gasteiger partial charge in [-0.3, -0.25) is 4.72 Å². The summed E-state index contributed by atoms with van der Waals surface area (Å²) in [5.41, 5.74) is -0.0528. The van der Waals surface area contributed by atoms with Gasteiger partial charge >= 0.3 is 5.97 Å². The molecule has 0 radical (unpaired) electrons. The molecule has 0 amide bonds. The molecule has 82 valence electrons. The smallest absolute Gasteiger partial charge is 0.337 e. The van der Waals surface area contributed by atoms with Crippen molar-refractivity contribution in [3.63, 3.8) is 0 Å². The first kappa shape index (κ1) is 12.0. The van der Waals surface area contributed by atoms with Crippen LogP contribution in [0.5, 0.6) is 0 Å². The van der Waals surface area contributed by atoms with Crippen molar-refractivity contribution in [3.05, 3.63) is 28.2 Å². The zero-order chi connectivity index (χ0) is 11.6. The summed E-state index contributed by atoms with van der Waals surface area (Å²) >= 11 is 3.13. The zero-order valence-corrected chi connectivity index (χ0v) is 10.1. The number of hydrogen-bond acceptors (Lipinski definition) is 3. The van der Waals surface area contributed by atoms with Crippen LogP contribution in [0.15, 0.2) is 22.7 Å². The molecule has 0 spiro atoms. The molecule has 7 heteroatoms. The van der Waals surface area contributed by atoms with Gasteiger partial charge in [0.2, 0.25) is 10.0 Å². The highest BCUT2D eigenvalue weighted by Gasteiger charge is 2.13.